The van der Waals surface area contributed by atoms with E-state index in [1.807, 2.05) is 25.1 Å². The van der Waals surface area contributed by atoms with Crippen LogP contribution in [0.3, 0.4) is 0 Å². The van der Waals surface area contributed by atoms with E-state index < -0.39 is 0 Å². The molecule has 24 heavy (non-hydrogen) atoms. The van der Waals surface area contributed by atoms with E-state index in [0.29, 0.717) is 22.2 Å². The van der Waals surface area contributed by atoms with Gasteiger partial charge in [0.15, 0.2) is 0 Å². The van der Waals surface area contributed by atoms with E-state index in [4.69, 9.17) is 27.9 Å². The molecule has 0 unspecified atom stereocenters. The van der Waals surface area contributed by atoms with Crippen LogP contribution in [-0.4, -0.2) is 13.0 Å². The van der Waals surface area contributed by atoms with Gasteiger partial charge in [-0.1, -0.05) is 43.1 Å². The lowest BCUT2D eigenvalue weighted by Crippen LogP contribution is -2.24. The SMILES string of the molecule is COc1cc(C)c(C(=O)NCc2ccc(Cl)cc2Cl)cc1C(C)C. The molecule has 0 radical (unpaired) electrons. The number of aryl methyl sites for hydroxylation is 1. The van der Waals surface area contributed by atoms with Gasteiger partial charge in [0.05, 0.1) is 7.11 Å². The van der Waals surface area contributed by atoms with Crippen molar-refractivity contribution >= 4 is 29.1 Å². The molecule has 0 aromatic heterocycles. The fourth-order valence-corrected chi connectivity index (χ4v) is 2.98. The Labute approximate surface area is 152 Å². The van der Waals surface area contributed by atoms with Gasteiger partial charge in [-0.15, -0.1) is 0 Å². The Morgan fingerprint density at radius 1 is 1.21 bits per heavy atom. The molecule has 2 rings (SSSR count). The van der Waals surface area contributed by atoms with Gasteiger partial charge in [-0.05, 0) is 53.8 Å². The number of benzene rings is 2. The molecule has 3 nitrogen and oxygen atoms in total. The van der Waals surface area contributed by atoms with Gasteiger partial charge in [0, 0.05) is 22.2 Å². The van der Waals surface area contributed by atoms with Gasteiger partial charge in [-0.3, -0.25) is 4.79 Å². The average molecular weight is 366 g/mol. The second-order valence-electron chi connectivity index (χ2n) is 5.98. The van der Waals surface area contributed by atoms with Crippen molar-refractivity contribution in [3.05, 3.63) is 62.6 Å². The first-order valence-corrected chi connectivity index (χ1v) is 8.49. The largest absolute Gasteiger partial charge is 0.496 e. The minimum Gasteiger partial charge on any atom is -0.496 e. The number of rotatable bonds is 5. The van der Waals surface area contributed by atoms with Crippen LogP contribution in [0.4, 0.5) is 0 Å². The normalized spacial score (nSPS) is 10.8. The number of amides is 1. The molecule has 2 aromatic carbocycles. The molecule has 0 atom stereocenters. The second kappa shape index (κ2) is 7.91. The van der Waals surface area contributed by atoms with Crippen LogP contribution in [-0.2, 0) is 6.54 Å². The van der Waals surface area contributed by atoms with Crippen molar-refractivity contribution in [3.8, 4) is 5.75 Å². The van der Waals surface area contributed by atoms with Gasteiger partial charge in [-0.25, -0.2) is 0 Å². The number of carbonyl (C=O) groups excluding carboxylic acids is 1. The molecule has 0 saturated carbocycles. The van der Waals surface area contributed by atoms with Crippen LogP contribution in [0, 0.1) is 6.92 Å². The van der Waals surface area contributed by atoms with E-state index in [9.17, 15) is 4.79 Å². The molecule has 0 heterocycles. The van der Waals surface area contributed by atoms with E-state index in [-0.39, 0.29) is 11.8 Å². The molecule has 1 amide bonds. The molecule has 0 aliphatic carbocycles. The Kier molecular flexibility index (Phi) is 6.14. The number of hydrogen-bond acceptors (Lipinski definition) is 2. The summed E-state index contributed by atoms with van der Waals surface area (Å²) in [5.74, 6) is 0.931. The number of methoxy groups -OCH3 is 1. The lowest BCUT2D eigenvalue weighted by Gasteiger charge is -2.16. The highest BCUT2D eigenvalue weighted by Crippen LogP contribution is 2.29. The van der Waals surface area contributed by atoms with Crippen molar-refractivity contribution < 1.29 is 9.53 Å². The van der Waals surface area contributed by atoms with E-state index in [2.05, 4.69) is 19.2 Å². The van der Waals surface area contributed by atoms with Crippen LogP contribution in [0.5, 0.6) is 5.75 Å². The maximum atomic E-state index is 12.6. The van der Waals surface area contributed by atoms with E-state index in [1.54, 1.807) is 19.2 Å². The van der Waals surface area contributed by atoms with Crippen LogP contribution in [0.1, 0.15) is 46.8 Å². The zero-order valence-electron chi connectivity index (χ0n) is 14.2. The summed E-state index contributed by atoms with van der Waals surface area (Å²) >= 11 is 12.0. The molecule has 0 bridgehead atoms. The zero-order valence-corrected chi connectivity index (χ0v) is 15.8. The molecule has 2 aromatic rings. The summed E-state index contributed by atoms with van der Waals surface area (Å²) in [6.07, 6.45) is 0. The molecule has 0 spiro atoms. The summed E-state index contributed by atoms with van der Waals surface area (Å²) in [6.45, 7) is 6.39. The fraction of sp³-hybridized carbons (Fsp3) is 0.316. The maximum Gasteiger partial charge on any atom is 0.251 e. The molecule has 0 saturated heterocycles. The van der Waals surface area contributed by atoms with Crippen molar-refractivity contribution in [1.82, 2.24) is 5.32 Å². The van der Waals surface area contributed by atoms with Crippen molar-refractivity contribution in [3.63, 3.8) is 0 Å². The van der Waals surface area contributed by atoms with Crippen molar-refractivity contribution in [2.75, 3.05) is 7.11 Å². The van der Waals surface area contributed by atoms with Crippen LogP contribution in [0.25, 0.3) is 0 Å². The number of halogens is 2. The Balaban J connectivity index is 2.21. The third-order valence-electron chi connectivity index (χ3n) is 3.90. The highest BCUT2D eigenvalue weighted by atomic mass is 35.5. The number of hydrogen-bond donors (Lipinski definition) is 1. The average Bonchev–Trinajstić information content (AvgIpc) is 2.53. The minimum atomic E-state index is -0.136. The molecule has 1 N–H and O–H groups in total. The first-order valence-electron chi connectivity index (χ1n) is 7.74. The first-order chi connectivity index (χ1) is 11.3. The van der Waals surface area contributed by atoms with E-state index in [1.165, 1.54) is 0 Å². The molecular weight excluding hydrogens is 345 g/mol. The van der Waals surface area contributed by atoms with Crippen LogP contribution in [0.2, 0.25) is 10.0 Å². The number of carbonyl (C=O) groups is 1. The summed E-state index contributed by atoms with van der Waals surface area (Å²) in [5, 5.41) is 4.02. The standard InChI is InChI=1S/C19H21Cl2NO2/c1-11(2)15-9-16(12(3)7-18(15)24-4)19(23)22-10-13-5-6-14(20)8-17(13)21/h5-9,11H,10H2,1-4H3,(H,22,23). The molecule has 128 valence electrons. The monoisotopic (exact) mass is 365 g/mol. The summed E-state index contributed by atoms with van der Waals surface area (Å²) in [6, 6.07) is 9.03. The highest BCUT2D eigenvalue weighted by Gasteiger charge is 2.16. The first kappa shape index (κ1) is 18.6. The van der Waals surface area contributed by atoms with Gasteiger partial charge < -0.3 is 10.1 Å². The number of nitrogens with one attached hydrogen (secondary N) is 1. The van der Waals surface area contributed by atoms with Gasteiger partial charge in [0.1, 0.15) is 5.75 Å². The smallest absolute Gasteiger partial charge is 0.251 e. The van der Waals surface area contributed by atoms with Gasteiger partial charge >= 0.3 is 0 Å². The molecule has 5 heteroatoms. The number of ether oxygens (including phenoxy) is 1. The minimum absolute atomic E-state index is 0.136. The predicted octanol–water partition coefficient (Wildman–Crippen LogP) is 5.36. The van der Waals surface area contributed by atoms with Gasteiger partial charge in [0.2, 0.25) is 0 Å². The Bertz CT molecular complexity index is 757. The Hall–Kier alpha value is -1.71. The molecular formula is C19H21Cl2NO2. The van der Waals surface area contributed by atoms with E-state index in [0.717, 1.165) is 22.4 Å². The van der Waals surface area contributed by atoms with Crippen LogP contribution in [0.15, 0.2) is 30.3 Å². The summed E-state index contributed by atoms with van der Waals surface area (Å²) in [5.41, 5.74) is 3.35. The van der Waals surface area contributed by atoms with Crippen molar-refractivity contribution in [2.24, 2.45) is 0 Å². The Morgan fingerprint density at radius 2 is 1.92 bits per heavy atom. The lowest BCUT2D eigenvalue weighted by atomic mass is 9.96. The topological polar surface area (TPSA) is 38.3 Å². The van der Waals surface area contributed by atoms with Crippen molar-refractivity contribution in [2.45, 2.75) is 33.2 Å². The zero-order chi connectivity index (χ0) is 17.9. The quantitative estimate of drug-likeness (QED) is 0.773. The Morgan fingerprint density at radius 3 is 2.50 bits per heavy atom. The molecule has 0 aliphatic heterocycles. The lowest BCUT2D eigenvalue weighted by molar-refractivity contribution is 0.0950. The van der Waals surface area contributed by atoms with E-state index >= 15 is 0 Å². The third kappa shape index (κ3) is 4.22. The van der Waals surface area contributed by atoms with Crippen molar-refractivity contribution in [1.29, 1.82) is 0 Å². The molecule has 0 aliphatic rings. The summed E-state index contributed by atoms with van der Waals surface area (Å²) in [7, 11) is 1.64. The summed E-state index contributed by atoms with van der Waals surface area (Å²) < 4.78 is 5.42. The molecule has 0 fully saturated rings. The predicted molar refractivity (Wildman–Crippen MR) is 99.5 cm³/mol. The van der Waals surface area contributed by atoms with Gasteiger partial charge in [-0.2, -0.15) is 0 Å². The van der Waals surface area contributed by atoms with Crippen LogP contribution >= 0.6 is 23.2 Å². The summed E-state index contributed by atoms with van der Waals surface area (Å²) in [4.78, 5) is 12.6. The second-order valence-corrected chi connectivity index (χ2v) is 6.83. The third-order valence-corrected chi connectivity index (χ3v) is 4.48. The van der Waals surface area contributed by atoms with Crippen LogP contribution < -0.4 is 10.1 Å². The maximum absolute atomic E-state index is 12.6. The van der Waals surface area contributed by atoms with Gasteiger partial charge in [0.25, 0.3) is 5.91 Å². The fourth-order valence-electron chi connectivity index (χ4n) is 2.51. The highest BCUT2D eigenvalue weighted by molar-refractivity contribution is 6.35.